The largest absolute Gasteiger partial charge is 0.490 e. The molecule has 1 amide bonds. The fourth-order valence-electron chi connectivity index (χ4n) is 2.53. The molecular weight excluding hydrogens is 341 g/mol. The van der Waals surface area contributed by atoms with Crippen molar-refractivity contribution in [2.45, 2.75) is 43.7 Å². The number of carboxylic acid groups (broad SMARTS) is 1. The maximum absolute atomic E-state index is 11.6. The van der Waals surface area contributed by atoms with Crippen molar-refractivity contribution in [2.24, 2.45) is 0 Å². The third-order valence-corrected chi connectivity index (χ3v) is 4.00. The molecule has 1 saturated carbocycles. The van der Waals surface area contributed by atoms with Crippen LogP contribution >= 0.6 is 0 Å². The minimum atomic E-state index is -5.08. The van der Waals surface area contributed by atoms with Gasteiger partial charge in [0.1, 0.15) is 5.82 Å². The van der Waals surface area contributed by atoms with Gasteiger partial charge in [-0.3, -0.25) is 9.89 Å². The minimum Gasteiger partial charge on any atom is -0.475 e. The molecule has 0 spiro atoms. The lowest BCUT2D eigenvalue weighted by atomic mass is 9.97. The van der Waals surface area contributed by atoms with E-state index in [2.05, 4.69) is 21.8 Å². The van der Waals surface area contributed by atoms with E-state index in [1.807, 2.05) is 4.90 Å². The highest BCUT2D eigenvalue weighted by molar-refractivity contribution is 5.87. The number of rotatable bonds is 3. The lowest BCUT2D eigenvalue weighted by Gasteiger charge is -2.30. The Morgan fingerprint density at radius 2 is 1.92 bits per heavy atom. The zero-order chi connectivity index (χ0) is 18.6. The van der Waals surface area contributed by atoms with E-state index in [-0.39, 0.29) is 11.8 Å². The molecule has 7 nitrogen and oxygen atoms in total. The Bertz CT molecular complexity index is 640. The van der Waals surface area contributed by atoms with Crippen LogP contribution in [0.1, 0.15) is 49.2 Å². The van der Waals surface area contributed by atoms with Crippen LogP contribution < -0.4 is 0 Å². The van der Waals surface area contributed by atoms with E-state index in [4.69, 9.17) is 9.90 Å². The van der Waals surface area contributed by atoms with Gasteiger partial charge in [0.15, 0.2) is 5.82 Å². The molecule has 1 aromatic rings. The summed E-state index contributed by atoms with van der Waals surface area (Å²) in [7, 11) is 0. The number of aromatic amines is 1. The van der Waals surface area contributed by atoms with Gasteiger partial charge in [-0.2, -0.15) is 18.3 Å². The first-order valence-corrected chi connectivity index (χ1v) is 7.86. The summed E-state index contributed by atoms with van der Waals surface area (Å²) in [4.78, 5) is 26.9. The number of piperidine rings is 1. The number of aromatic nitrogens is 3. The van der Waals surface area contributed by atoms with Crippen molar-refractivity contribution in [1.82, 2.24) is 20.1 Å². The highest BCUT2D eigenvalue weighted by Gasteiger charge is 2.38. The van der Waals surface area contributed by atoms with Gasteiger partial charge in [0, 0.05) is 24.9 Å². The van der Waals surface area contributed by atoms with Gasteiger partial charge in [-0.1, -0.05) is 6.58 Å². The lowest BCUT2D eigenvalue weighted by Crippen LogP contribution is -2.38. The van der Waals surface area contributed by atoms with Gasteiger partial charge in [-0.15, -0.1) is 0 Å². The van der Waals surface area contributed by atoms with E-state index in [0.29, 0.717) is 12.5 Å². The molecule has 0 aromatic carbocycles. The normalized spacial score (nSPS) is 20.4. The standard InChI is InChI=1S/C13H18N4O.C2HF3O2/c1-2-11(18)17-7-3-4-10(8-17)13-14-12(15-16-13)9-5-6-9;3-2(4,5)1(6)7/h2,9-10H,1,3-8H2,(H,14,15,16);(H,6,7). The van der Waals surface area contributed by atoms with E-state index < -0.39 is 12.1 Å². The fraction of sp³-hybridized carbons (Fsp3) is 0.600. The quantitative estimate of drug-likeness (QED) is 0.805. The molecule has 1 unspecified atom stereocenters. The predicted molar refractivity (Wildman–Crippen MR) is 80.8 cm³/mol. The summed E-state index contributed by atoms with van der Waals surface area (Å²) in [6, 6.07) is 0. The number of nitrogens with one attached hydrogen (secondary N) is 1. The number of carboxylic acids is 1. The Balaban J connectivity index is 0.000000277. The SMILES string of the molecule is C=CC(=O)N1CCCC(c2n[nH]c(C3CC3)n2)C1.O=C(O)C(F)(F)F. The van der Waals surface area contributed by atoms with E-state index in [9.17, 15) is 18.0 Å². The van der Waals surface area contributed by atoms with Crippen LogP contribution in [0.15, 0.2) is 12.7 Å². The van der Waals surface area contributed by atoms with Gasteiger partial charge in [0.2, 0.25) is 5.91 Å². The Hall–Kier alpha value is -2.39. The second-order valence-corrected chi connectivity index (χ2v) is 5.98. The third-order valence-electron chi connectivity index (χ3n) is 4.00. The van der Waals surface area contributed by atoms with Gasteiger partial charge in [0.05, 0.1) is 0 Å². The second kappa shape index (κ2) is 7.66. The summed E-state index contributed by atoms with van der Waals surface area (Å²) >= 11 is 0. The minimum absolute atomic E-state index is 0.0117. The molecule has 1 saturated heterocycles. The molecule has 1 atom stereocenters. The fourth-order valence-corrected chi connectivity index (χ4v) is 2.53. The third kappa shape index (κ3) is 5.30. The molecule has 2 aliphatic rings. The molecular formula is C15H19F3N4O3. The number of carbonyl (C=O) groups excluding carboxylic acids is 1. The number of hydrogen-bond acceptors (Lipinski definition) is 4. The first-order chi connectivity index (χ1) is 11.7. The maximum atomic E-state index is 11.6. The molecule has 0 radical (unpaired) electrons. The maximum Gasteiger partial charge on any atom is 0.490 e. The average molecular weight is 360 g/mol. The molecule has 10 heteroatoms. The van der Waals surface area contributed by atoms with Crippen LogP contribution in [-0.2, 0) is 9.59 Å². The van der Waals surface area contributed by atoms with E-state index in [1.165, 1.54) is 18.9 Å². The molecule has 25 heavy (non-hydrogen) atoms. The van der Waals surface area contributed by atoms with Gasteiger partial charge in [-0.25, -0.2) is 9.78 Å². The van der Waals surface area contributed by atoms with Crippen molar-refractivity contribution >= 4 is 11.9 Å². The molecule has 2 heterocycles. The van der Waals surface area contributed by atoms with E-state index in [0.717, 1.165) is 31.0 Å². The summed E-state index contributed by atoms with van der Waals surface area (Å²) in [5, 5.41) is 14.5. The van der Waals surface area contributed by atoms with Gasteiger partial charge in [-0.05, 0) is 31.8 Å². The zero-order valence-electron chi connectivity index (χ0n) is 13.4. The molecule has 3 rings (SSSR count). The van der Waals surface area contributed by atoms with Crippen LogP contribution in [-0.4, -0.2) is 56.3 Å². The van der Waals surface area contributed by atoms with Crippen LogP contribution in [0.2, 0.25) is 0 Å². The van der Waals surface area contributed by atoms with Crippen LogP contribution in [0, 0.1) is 0 Å². The van der Waals surface area contributed by atoms with Crippen LogP contribution in [0.5, 0.6) is 0 Å². The van der Waals surface area contributed by atoms with Crippen molar-refractivity contribution in [2.75, 3.05) is 13.1 Å². The number of alkyl halides is 3. The summed E-state index contributed by atoms with van der Waals surface area (Å²) in [5.74, 6) is 0.0212. The van der Waals surface area contributed by atoms with Crippen molar-refractivity contribution < 1.29 is 27.9 Å². The molecule has 1 aliphatic carbocycles. The topological polar surface area (TPSA) is 99.2 Å². The molecule has 1 aliphatic heterocycles. The molecule has 0 bridgehead atoms. The molecule has 2 N–H and O–H groups in total. The van der Waals surface area contributed by atoms with Crippen molar-refractivity contribution in [3.8, 4) is 0 Å². The summed E-state index contributed by atoms with van der Waals surface area (Å²) in [6.45, 7) is 5.08. The summed E-state index contributed by atoms with van der Waals surface area (Å²) < 4.78 is 31.7. The highest BCUT2D eigenvalue weighted by Crippen LogP contribution is 2.38. The van der Waals surface area contributed by atoms with Crippen molar-refractivity contribution in [1.29, 1.82) is 0 Å². The Morgan fingerprint density at radius 3 is 2.44 bits per heavy atom. The second-order valence-electron chi connectivity index (χ2n) is 5.98. The van der Waals surface area contributed by atoms with E-state index in [1.54, 1.807) is 0 Å². The predicted octanol–water partition coefficient (Wildman–Crippen LogP) is 2.21. The number of carbonyl (C=O) groups is 2. The smallest absolute Gasteiger partial charge is 0.475 e. The van der Waals surface area contributed by atoms with Crippen LogP contribution in [0.4, 0.5) is 13.2 Å². The number of halogens is 3. The van der Waals surface area contributed by atoms with Gasteiger partial charge < -0.3 is 10.0 Å². The monoisotopic (exact) mass is 360 g/mol. The number of amides is 1. The molecule has 1 aromatic heterocycles. The summed E-state index contributed by atoms with van der Waals surface area (Å²) in [5.41, 5.74) is 0. The first-order valence-electron chi connectivity index (χ1n) is 7.86. The number of nitrogens with zero attached hydrogens (tertiary/aromatic N) is 3. The number of likely N-dealkylation sites (tertiary alicyclic amines) is 1. The van der Waals surface area contributed by atoms with E-state index >= 15 is 0 Å². The van der Waals surface area contributed by atoms with Crippen molar-refractivity contribution in [3.63, 3.8) is 0 Å². The number of H-pyrrole nitrogens is 1. The Labute approximate surface area is 141 Å². The van der Waals surface area contributed by atoms with Crippen molar-refractivity contribution in [3.05, 3.63) is 24.3 Å². The molecule has 2 fully saturated rings. The highest BCUT2D eigenvalue weighted by atomic mass is 19.4. The van der Waals surface area contributed by atoms with Crippen LogP contribution in [0.25, 0.3) is 0 Å². The van der Waals surface area contributed by atoms with Gasteiger partial charge >= 0.3 is 12.1 Å². The molecule has 138 valence electrons. The number of hydrogen-bond donors (Lipinski definition) is 2. The average Bonchev–Trinajstić information content (AvgIpc) is 3.31. The Morgan fingerprint density at radius 1 is 1.28 bits per heavy atom. The first kappa shape index (κ1) is 18.9. The lowest BCUT2D eigenvalue weighted by molar-refractivity contribution is -0.192. The van der Waals surface area contributed by atoms with Gasteiger partial charge in [0.25, 0.3) is 0 Å². The number of aliphatic carboxylic acids is 1. The zero-order valence-corrected chi connectivity index (χ0v) is 13.4. The Kier molecular flexibility index (Phi) is 5.81. The summed E-state index contributed by atoms with van der Waals surface area (Å²) in [6.07, 6.45) is 0.817. The van der Waals surface area contributed by atoms with Crippen LogP contribution in [0.3, 0.4) is 0 Å².